The molecule has 1 saturated heterocycles. The molecule has 0 aliphatic carbocycles. The van der Waals surface area contributed by atoms with Gasteiger partial charge in [-0.15, -0.1) is 0 Å². The van der Waals surface area contributed by atoms with Crippen LogP contribution in [0.2, 0.25) is 0 Å². The Labute approximate surface area is 132 Å². The van der Waals surface area contributed by atoms with E-state index in [-0.39, 0.29) is 11.7 Å². The number of aromatic nitrogens is 3. The topological polar surface area (TPSA) is 77.3 Å². The van der Waals surface area contributed by atoms with E-state index in [0.717, 1.165) is 25.1 Å². The first-order valence-corrected chi connectivity index (χ1v) is 7.45. The fraction of sp³-hybridized carbons (Fsp3) is 0.312. The van der Waals surface area contributed by atoms with E-state index in [2.05, 4.69) is 10.3 Å². The van der Waals surface area contributed by atoms with Gasteiger partial charge in [0.2, 0.25) is 5.76 Å². The largest absolute Gasteiger partial charge is 0.472 e. The summed E-state index contributed by atoms with van der Waals surface area (Å²) in [6.07, 6.45) is 7.87. The van der Waals surface area contributed by atoms with Crippen molar-refractivity contribution in [2.24, 2.45) is 13.0 Å². The summed E-state index contributed by atoms with van der Waals surface area (Å²) >= 11 is 0. The van der Waals surface area contributed by atoms with E-state index < -0.39 is 0 Å². The van der Waals surface area contributed by atoms with Crippen molar-refractivity contribution in [2.45, 2.75) is 6.42 Å². The summed E-state index contributed by atoms with van der Waals surface area (Å²) in [6, 6.07) is 3.63. The Balaban J connectivity index is 1.38. The first kappa shape index (κ1) is 13.8. The molecule has 4 heterocycles. The lowest BCUT2D eigenvalue weighted by molar-refractivity contribution is 0.0460. The summed E-state index contributed by atoms with van der Waals surface area (Å²) in [6.45, 7) is 1.46. The number of nitrogens with zero attached hydrogens (tertiary/aromatic N) is 4. The number of amides is 1. The molecular weight excluding hydrogens is 296 g/mol. The second kappa shape index (κ2) is 5.42. The van der Waals surface area contributed by atoms with E-state index in [1.165, 1.54) is 5.56 Å². The van der Waals surface area contributed by atoms with Crippen LogP contribution in [0.15, 0.2) is 46.0 Å². The minimum Gasteiger partial charge on any atom is -0.472 e. The quantitative estimate of drug-likeness (QED) is 0.736. The van der Waals surface area contributed by atoms with Crippen LogP contribution < -0.4 is 0 Å². The molecule has 0 N–H and O–H groups in total. The lowest BCUT2D eigenvalue weighted by Gasteiger charge is -2.38. The molecule has 0 unspecified atom stereocenters. The number of rotatable bonds is 4. The summed E-state index contributed by atoms with van der Waals surface area (Å²) in [5.74, 6) is 0.624. The molecule has 118 valence electrons. The zero-order valence-corrected chi connectivity index (χ0v) is 12.7. The summed E-state index contributed by atoms with van der Waals surface area (Å²) in [5, 5.41) is 8.04. The van der Waals surface area contributed by atoms with Gasteiger partial charge in [0.05, 0.1) is 18.7 Å². The zero-order chi connectivity index (χ0) is 15.8. The molecule has 1 aliphatic rings. The summed E-state index contributed by atoms with van der Waals surface area (Å²) in [7, 11) is 1.83. The third-order valence-electron chi connectivity index (χ3n) is 4.07. The monoisotopic (exact) mass is 312 g/mol. The van der Waals surface area contributed by atoms with E-state index in [9.17, 15) is 4.79 Å². The maximum atomic E-state index is 12.4. The van der Waals surface area contributed by atoms with Crippen molar-refractivity contribution in [3.63, 3.8) is 0 Å². The highest BCUT2D eigenvalue weighted by Gasteiger charge is 2.33. The van der Waals surface area contributed by atoms with Crippen LogP contribution in [0.1, 0.15) is 16.1 Å². The van der Waals surface area contributed by atoms with Gasteiger partial charge in [-0.25, -0.2) is 0 Å². The minimum absolute atomic E-state index is 0.115. The van der Waals surface area contributed by atoms with Crippen molar-refractivity contribution < 1.29 is 13.7 Å². The number of hydrogen-bond acceptors (Lipinski definition) is 5. The van der Waals surface area contributed by atoms with Gasteiger partial charge in [0.1, 0.15) is 5.69 Å². The summed E-state index contributed by atoms with van der Waals surface area (Å²) < 4.78 is 11.9. The lowest BCUT2D eigenvalue weighted by atomic mass is 9.93. The van der Waals surface area contributed by atoms with Gasteiger partial charge in [0.15, 0.2) is 0 Å². The second-order valence-corrected chi connectivity index (χ2v) is 5.89. The van der Waals surface area contributed by atoms with E-state index in [1.807, 2.05) is 19.3 Å². The van der Waals surface area contributed by atoms with Crippen molar-refractivity contribution in [3.05, 3.63) is 48.4 Å². The van der Waals surface area contributed by atoms with Gasteiger partial charge in [-0.3, -0.25) is 9.48 Å². The normalized spacial score (nSPS) is 14.9. The molecule has 0 aromatic carbocycles. The fourth-order valence-electron chi connectivity index (χ4n) is 2.83. The van der Waals surface area contributed by atoms with Crippen molar-refractivity contribution >= 4 is 5.91 Å². The number of likely N-dealkylation sites (tertiary alicyclic amines) is 1. The second-order valence-electron chi connectivity index (χ2n) is 5.89. The smallest absolute Gasteiger partial charge is 0.292 e. The molecule has 0 spiro atoms. The van der Waals surface area contributed by atoms with Gasteiger partial charge in [-0.2, -0.15) is 5.10 Å². The predicted octanol–water partition coefficient (Wildman–Crippen LogP) is 1.98. The Morgan fingerprint density at radius 3 is 3.00 bits per heavy atom. The van der Waals surface area contributed by atoms with E-state index in [4.69, 9.17) is 8.94 Å². The van der Waals surface area contributed by atoms with Crippen molar-refractivity contribution in [1.82, 2.24) is 19.8 Å². The van der Waals surface area contributed by atoms with Gasteiger partial charge in [0, 0.05) is 38.0 Å². The molecule has 0 saturated carbocycles. The highest BCUT2D eigenvalue weighted by atomic mass is 16.5. The third kappa shape index (κ3) is 2.65. The molecule has 7 nitrogen and oxygen atoms in total. The Bertz CT molecular complexity index is 812. The van der Waals surface area contributed by atoms with Gasteiger partial charge < -0.3 is 13.8 Å². The average Bonchev–Trinajstić information content (AvgIpc) is 3.22. The number of carbonyl (C=O) groups is 1. The van der Waals surface area contributed by atoms with Crippen molar-refractivity contribution in [2.75, 3.05) is 13.1 Å². The zero-order valence-electron chi connectivity index (χ0n) is 12.7. The highest BCUT2D eigenvalue weighted by Crippen LogP contribution is 2.24. The van der Waals surface area contributed by atoms with Crippen LogP contribution in [-0.2, 0) is 13.5 Å². The standard InChI is InChI=1S/C16H16N4O3/c1-19-9-13(6-17-19)14-5-15(23-18-14)16(21)20-7-12(8-20)4-11-2-3-22-10-11/h2-3,5-6,9-10,12H,4,7-8H2,1H3. The number of hydrogen-bond donors (Lipinski definition) is 0. The van der Waals surface area contributed by atoms with Gasteiger partial charge in [-0.1, -0.05) is 5.16 Å². The Hall–Kier alpha value is -2.83. The Morgan fingerprint density at radius 2 is 2.30 bits per heavy atom. The molecule has 4 rings (SSSR count). The average molecular weight is 312 g/mol. The SMILES string of the molecule is Cn1cc(-c2cc(C(=O)N3CC(Cc4ccoc4)C3)on2)cn1. The first-order chi connectivity index (χ1) is 11.2. The number of furan rings is 1. The molecule has 1 aliphatic heterocycles. The molecule has 3 aromatic heterocycles. The van der Waals surface area contributed by atoms with E-state index >= 15 is 0 Å². The van der Waals surface area contributed by atoms with Crippen LogP contribution in [-0.4, -0.2) is 38.8 Å². The predicted molar refractivity (Wildman–Crippen MR) is 80.5 cm³/mol. The lowest BCUT2D eigenvalue weighted by Crippen LogP contribution is -2.50. The van der Waals surface area contributed by atoms with Crippen LogP contribution in [0.5, 0.6) is 0 Å². The Morgan fingerprint density at radius 1 is 1.43 bits per heavy atom. The molecule has 0 atom stereocenters. The third-order valence-corrected chi connectivity index (χ3v) is 4.07. The fourth-order valence-corrected chi connectivity index (χ4v) is 2.83. The molecular formula is C16H16N4O3. The van der Waals surface area contributed by atoms with Crippen LogP contribution in [0.4, 0.5) is 0 Å². The maximum absolute atomic E-state index is 12.4. The molecule has 0 radical (unpaired) electrons. The summed E-state index contributed by atoms with van der Waals surface area (Å²) in [5.41, 5.74) is 2.62. The van der Waals surface area contributed by atoms with E-state index in [0.29, 0.717) is 11.6 Å². The molecule has 3 aromatic rings. The molecule has 23 heavy (non-hydrogen) atoms. The van der Waals surface area contributed by atoms with Crippen LogP contribution in [0, 0.1) is 5.92 Å². The van der Waals surface area contributed by atoms with Gasteiger partial charge >= 0.3 is 0 Å². The first-order valence-electron chi connectivity index (χ1n) is 7.45. The van der Waals surface area contributed by atoms with Crippen LogP contribution in [0.3, 0.4) is 0 Å². The molecule has 7 heteroatoms. The highest BCUT2D eigenvalue weighted by molar-refractivity contribution is 5.92. The molecule has 0 bridgehead atoms. The number of aryl methyl sites for hydroxylation is 1. The summed E-state index contributed by atoms with van der Waals surface area (Å²) in [4.78, 5) is 14.2. The number of carbonyl (C=O) groups excluding carboxylic acids is 1. The maximum Gasteiger partial charge on any atom is 0.292 e. The van der Waals surface area contributed by atoms with Gasteiger partial charge in [0.25, 0.3) is 5.91 Å². The van der Waals surface area contributed by atoms with Gasteiger partial charge in [-0.05, 0) is 24.0 Å². The van der Waals surface area contributed by atoms with E-state index in [1.54, 1.807) is 34.4 Å². The molecule has 1 fully saturated rings. The van der Waals surface area contributed by atoms with Crippen LogP contribution >= 0.6 is 0 Å². The Kier molecular flexibility index (Phi) is 3.25. The van der Waals surface area contributed by atoms with Crippen molar-refractivity contribution in [1.29, 1.82) is 0 Å². The van der Waals surface area contributed by atoms with Crippen LogP contribution in [0.25, 0.3) is 11.3 Å². The van der Waals surface area contributed by atoms with Crippen molar-refractivity contribution in [3.8, 4) is 11.3 Å². The minimum atomic E-state index is -0.115. The molecule has 1 amide bonds.